The lowest BCUT2D eigenvalue weighted by molar-refractivity contribution is -0.128. The van der Waals surface area contributed by atoms with Crippen molar-refractivity contribution in [3.05, 3.63) is 41.5 Å². The molecule has 0 aromatic heterocycles. The van der Waals surface area contributed by atoms with Crippen LogP contribution in [0.15, 0.2) is 35.9 Å². The summed E-state index contributed by atoms with van der Waals surface area (Å²) < 4.78 is 0. The van der Waals surface area contributed by atoms with Gasteiger partial charge in [0.15, 0.2) is 0 Å². The molecule has 1 amide bonds. The Morgan fingerprint density at radius 2 is 1.95 bits per heavy atom. The van der Waals surface area contributed by atoms with Crippen molar-refractivity contribution in [2.45, 2.75) is 18.9 Å². The van der Waals surface area contributed by atoms with E-state index >= 15 is 0 Å². The van der Waals surface area contributed by atoms with Crippen molar-refractivity contribution < 1.29 is 4.79 Å². The summed E-state index contributed by atoms with van der Waals surface area (Å²) >= 11 is 0. The number of likely N-dealkylation sites (N-methyl/N-ethyl adjacent to an activating group) is 1. The number of piperidine rings is 1. The van der Waals surface area contributed by atoms with Gasteiger partial charge in [0.1, 0.15) is 11.6 Å². The molecule has 1 aromatic rings. The van der Waals surface area contributed by atoms with E-state index in [1.807, 2.05) is 36.4 Å². The van der Waals surface area contributed by atoms with E-state index < -0.39 is 0 Å². The van der Waals surface area contributed by atoms with Crippen LogP contribution in [0.4, 0.5) is 0 Å². The zero-order valence-corrected chi connectivity index (χ0v) is 12.6. The van der Waals surface area contributed by atoms with Crippen molar-refractivity contribution in [3.63, 3.8) is 0 Å². The zero-order valence-electron chi connectivity index (χ0n) is 12.6. The Morgan fingerprint density at radius 1 is 1.33 bits per heavy atom. The lowest BCUT2D eigenvalue weighted by atomic mass is 10.0. The molecule has 0 radical (unpaired) electrons. The highest BCUT2D eigenvalue weighted by molar-refractivity contribution is 6.01. The molecule has 21 heavy (non-hydrogen) atoms. The van der Waals surface area contributed by atoms with Gasteiger partial charge in [-0.1, -0.05) is 30.3 Å². The molecule has 1 heterocycles. The maximum Gasteiger partial charge on any atom is 0.264 e. The van der Waals surface area contributed by atoms with Crippen LogP contribution in [0.1, 0.15) is 18.4 Å². The lowest BCUT2D eigenvalue weighted by Gasteiger charge is -2.35. The maximum atomic E-state index is 12.5. The van der Waals surface area contributed by atoms with Gasteiger partial charge in [-0.3, -0.25) is 4.79 Å². The summed E-state index contributed by atoms with van der Waals surface area (Å²) in [7, 11) is 3.89. The van der Waals surface area contributed by atoms with Crippen LogP contribution in [-0.2, 0) is 4.79 Å². The minimum atomic E-state index is -0.184. The highest BCUT2D eigenvalue weighted by atomic mass is 16.2. The first-order valence-electron chi connectivity index (χ1n) is 7.24. The van der Waals surface area contributed by atoms with Gasteiger partial charge in [0.25, 0.3) is 5.91 Å². The molecule has 4 heteroatoms. The van der Waals surface area contributed by atoms with E-state index in [9.17, 15) is 10.1 Å². The number of amides is 1. The van der Waals surface area contributed by atoms with Crippen molar-refractivity contribution in [2.24, 2.45) is 0 Å². The third-order valence-corrected chi connectivity index (χ3v) is 4.02. The molecule has 0 saturated carbocycles. The van der Waals surface area contributed by atoms with Crippen molar-refractivity contribution in [1.82, 2.24) is 9.80 Å². The SMILES string of the molecule is CN1CCC(N(C)C(=O)C(C#N)=Cc2ccccc2)CC1. The van der Waals surface area contributed by atoms with E-state index in [0.29, 0.717) is 0 Å². The van der Waals surface area contributed by atoms with Crippen LogP contribution >= 0.6 is 0 Å². The molecule has 2 rings (SSSR count). The largest absolute Gasteiger partial charge is 0.338 e. The van der Waals surface area contributed by atoms with Crippen LogP contribution in [0, 0.1) is 11.3 Å². The highest BCUT2D eigenvalue weighted by Gasteiger charge is 2.25. The Bertz CT molecular complexity index is 551. The Labute approximate surface area is 126 Å². The smallest absolute Gasteiger partial charge is 0.264 e. The summed E-state index contributed by atoms with van der Waals surface area (Å²) in [6.45, 7) is 1.99. The van der Waals surface area contributed by atoms with Crippen molar-refractivity contribution >= 4 is 12.0 Å². The second-order valence-electron chi connectivity index (χ2n) is 5.53. The minimum Gasteiger partial charge on any atom is -0.338 e. The van der Waals surface area contributed by atoms with Gasteiger partial charge in [0.2, 0.25) is 0 Å². The number of nitrogens with zero attached hydrogens (tertiary/aromatic N) is 3. The number of hydrogen-bond acceptors (Lipinski definition) is 3. The standard InChI is InChI=1S/C17H21N3O/c1-19-10-8-16(9-11-19)20(2)17(21)15(13-18)12-14-6-4-3-5-7-14/h3-7,12,16H,8-11H2,1-2H3. The molecule has 1 saturated heterocycles. The van der Waals surface area contributed by atoms with Crippen LogP contribution in [-0.4, -0.2) is 48.9 Å². The summed E-state index contributed by atoms with van der Waals surface area (Å²) in [6.07, 6.45) is 3.58. The highest BCUT2D eigenvalue weighted by Crippen LogP contribution is 2.17. The molecule has 0 atom stereocenters. The molecule has 4 nitrogen and oxygen atoms in total. The molecule has 0 bridgehead atoms. The van der Waals surface area contributed by atoms with Gasteiger partial charge in [-0.05, 0) is 44.6 Å². The van der Waals surface area contributed by atoms with Gasteiger partial charge in [-0.25, -0.2) is 0 Å². The predicted molar refractivity (Wildman–Crippen MR) is 83.3 cm³/mol. The summed E-state index contributed by atoms with van der Waals surface area (Å²) in [5.41, 5.74) is 1.07. The molecular weight excluding hydrogens is 262 g/mol. The molecular formula is C17H21N3O. The number of likely N-dealkylation sites (tertiary alicyclic amines) is 1. The van der Waals surface area contributed by atoms with Crippen LogP contribution < -0.4 is 0 Å². The van der Waals surface area contributed by atoms with Gasteiger partial charge < -0.3 is 9.80 Å². The average molecular weight is 283 g/mol. The van der Waals surface area contributed by atoms with Gasteiger partial charge in [0.05, 0.1) is 0 Å². The second kappa shape index (κ2) is 7.05. The third kappa shape index (κ3) is 3.93. The number of rotatable bonds is 3. The van der Waals surface area contributed by atoms with E-state index in [-0.39, 0.29) is 17.5 Å². The fourth-order valence-electron chi connectivity index (χ4n) is 2.60. The Morgan fingerprint density at radius 3 is 2.52 bits per heavy atom. The van der Waals surface area contributed by atoms with E-state index in [0.717, 1.165) is 31.5 Å². The topological polar surface area (TPSA) is 47.3 Å². The minimum absolute atomic E-state index is 0.184. The summed E-state index contributed by atoms with van der Waals surface area (Å²) in [6, 6.07) is 11.7. The fourth-order valence-corrected chi connectivity index (χ4v) is 2.60. The van der Waals surface area contributed by atoms with Gasteiger partial charge in [0, 0.05) is 13.1 Å². The molecule has 1 aromatic carbocycles. The normalized spacial score (nSPS) is 17.3. The summed E-state index contributed by atoms with van der Waals surface area (Å²) in [4.78, 5) is 16.5. The quantitative estimate of drug-likeness (QED) is 0.631. The first-order valence-corrected chi connectivity index (χ1v) is 7.24. The monoisotopic (exact) mass is 283 g/mol. The molecule has 1 aliphatic heterocycles. The number of carbonyl (C=O) groups is 1. The van der Waals surface area contributed by atoms with Crippen molar-refractivity contribution in [1.29, 1.82) is 5.26 Å². The predicted octanol–water partition coefficient (Wildman–Crippen LogP) is 2.15. The molecule has 0 unspecified atom stereocenters. The van der Waals surface area contributed by atoms with Gasteiger partial charge >= 0.3 is 0 Å². The summed E-state index contributed by atoms with van der Waals surface area (Å²) in [5.74, 6) is -0.184. The van der Waals surface area contributed by atoms with E-state index in [4.69, 9.17) is 0 Å². The number of carbonyl (C=O) groups excluding carboxylic acids is 1. The Balaban J connectivity index is 2.10. The number of nitriles is 1. The van der Waals surface area contributed by atoms with Gasteiger partial charge in [-0.15, -0.1) is 0 Å². The number of benzene rings is 1. The lowest BCUT2D eigenvalue weighted by Crippen LogP contribution is -2.44. The fraction of sp³-hybridized carbons (Fsp3) is 0.412. The first kappa shape index (κ1) is 15.3. The molecule has 0 aliphatic carbocycles. The molecule has 0 N–H and O–H groups in total. The average Bonchev–Trinajstić information content (AvgIpc) is 2.53. The first-order chi connectivity index (χ1) is 10.1. The summed E-state index contributed by atoms with van der Waals surface area (Å²) in [5, 5.41) is 9.27. The van der Waals surface area contributed by atoms with E-state index in [1.165, 1.54) is 0 Å². The Hall–Kier alpha value is -2.12. The van der Waals surface area contributed by atoms with Crippen LogP contribution in [0.25, 0.3) is 6.08 Å². The van der Waals surface area contributed by atoms with Crippen molar-refractivity contribution in [3.8, 4) is 6.07 Å². The second-order valence-corrected chi connectivity index (χ2v) is 5.53. The van der Waals surface area contributed by atoms with Crippen molar-refractivity contribution in [2.75, 3.05) is 27.2 Å². The number of hydrogen-bond donors (Lipinski definition) is 0. The molecule has 110 valence electrons. The van der Waals surface area contributed by atoms with Crippen LogP contribution in [0.2, 0.25) is 0 Å². The van der Waals surface area contributed by atoms with E-state index in [2.05, 4.69) is 11.9 Å². The van der Waals surface area contributed by atoms with Crippen LogP contribution in [0.5, 0.6) is 0 Å². The molecule has 0 spiro atoms. The molecule has 1 fully saturated rings. The third-order valence-electron chi connectivity index (χ3n) is 4.02. The van der Waals surface area contributed by atoms with Crippen LogP contribution in [0.3, 0.4) is 0 Å². The maximum absolute atomic E-state index is 12.5. The van der Waals surface area contributed by atoms with E-state index in [1.54, 1.807) is 18.0 Å². The van der Waals surface area contributed by atoms with Gasteiger partial charge in [-0.2, -0.15) is 5.26 Å². The molecule has 1 aliphatic rings. The Kier molecular flexibility index (Phi) is 5.13. The zero-order chi connectivity index (χ0) is 15.2.